The van der Waals surface area contributed by atoms with Crippen LogP contribution in [-0.4, -0.2) is 74.4 Å². The quantitative estimate of drug-likeness (QED) is 0.526. The van der Waals surface area contributed by atoms with Gasteiger partial charge in [-0.2, -0.15) is 13.2 Å². The maximum absolute atomic E-state index is 12.7. The van der Waals surface area contributed by atoms with E-state index >= 15 is 0 Å². The second-order valence-corrected chi connectivity index (χ2v) is 7.36. The van der Waals surface area contributed by atoms with Gasteiger partial charge in [0.1, 0.15) is 23.9 Å². The number of rotatable bonds is 3. The first kappa shape index (κ1) is 21.0. The highest BCUT2D eigenvalue weighted by Gasteiger charge is 2.62. The molecule has 0 spiro atoms. The highest BCUT2D eigenvalue weighted by molar-refractivity contribution is 5.76. The average Bonchev–Trinajstić information content (AvgIpc) is 2.92. The van der Waals surface area contributed by atoms with Gasteiger partial charge in [-0.05, 0) is 24.1 Å². The van der Waals surface area contributed by atoms with Crippen molar-refractivity contribution in [3.63, 3.8) is 0 Å². The van der Waals surface area contributed by atoms with E-state index in [1.54, 1.807) is 0 Å². The SMILES string of the molecule is COC(=O)C1C[C@@]2(O)C(O)C(O)C(O)CC2N1Cc1ccc(C(F)(F)F)cc1. The molecule has 0 amide bonds. The maximum atomic E-state index is 12.7. The molecule has 7 nitrogen and oxygen atoms in total. The fraction of sp³-hybridized carbons (Fsp3) is 0.611. The third kappa shape index (κ3) is 3.50. The highest BCUT2D eigenvalue weighted by atomic mass is 19.4. The fourth-order valence-electron chi connectivity index (χ4n) is 4.18. The van der Waals surface area contributed by atoms with Gasteiger partial charge in [-0.1, -0.05) is 12.1 Å². The number of ether oxygens (including phenoxy) is 1. The number of methoxy groups -OCH3 is 1. The summed E-state index contributed by atoms with van der Waals surface area (Å²) >= 11 is 0. The van der Waals surface area contributed by atoms with E-state index in [4.69, 9.17) is 4.74 Å². The van der Waals surface area contributed by atoms with Crippen LogP contribution in [0.2, 0.25) is 0 Å². The lowest BCUT2D eigenvalue weighted by molar-refractivity contribution is -0.197. The van der Waals surface area contributed by atoms with Crippen LogP contribution in [0.4, 0.5) is 13.2 Å². The van der Waals surface area contributed by atoms with Crippen LogP contribution in [0, 0.1) is 0 Å². The number of carbonyl (C=O) groups is 1. The third-order valence-corrected chi connectivity index (χ3v) is 5.71. The number of hydrogen-bond donors (Lipinski definition) is 4. The Bertz CT molecular complexity index is 727. The van der Waals surface area contributed by atoms with Crippen molar-refractivity contribution in [2.75, 3.05) is 7.11 Å². The highest BCUT2D eigenvalue weighted by Crippen LogP contribution is 2.44. The molecule has 6 atom stereocenters. The average molecular weight is 405 g/mol. The van der Waals surface area contributed by atoms with Gasteiger partial charge in [0.25, 0.3) is 0 Å². The molecule has 5 unspecified atom stereocenters. The van der Waals surface area contributed by atoms with Gasteiger partial charge in [0.2, 0.25) is 0 Å². The summed E-state index contributed by atoms with van der Waals surface area (Å²) in [6.45, 7) is -0.0135. The van der Waals surface area contributed by atoms with E-state index in [2.05, 4.69) is 0 Å². The van der Waals surface area contributed by atoms with Crippen molar-refractivity contribution >= 4 is 5.97 Å². The Morgan fingerprint density at radius 3 is 2.39 bits per heavy atom. The van der Waals surface area contributed by atoms with Crippen LogP contribution in [0.3, 0.4) is 0 Å². The molecule has 4 N–H and O–H groups in total. The topological polar surface area (TPSA) is 110 Å². The van der Waals surface area contributed by atoms with Crippen molar-refractivity contribution in [3.05, 3.63) is 35.4 Å². The number of benzene rings is 1. The first-order valence-corrected chi connectivity index (χ1v) is 8.75. The lowest BCUT2D eigenvalue weighted by Crippen LogP contribution is -2.64. The number of carbonyl (C=O) groups excluding carboxylic acids is 1. The summed E-state index contributed by atoms with van der Waals surface area (Å²) in [5, 5.41) is 41.2. The Balaban J connectivity index is 1.91. The lowest BCUT2D eigenvalue weighted by Gasteiger charge is -2.45. The third-order valence-electron chi connectivity index (χ3n) is 5.71. The van der Waals surface area contributed by atoms with Gasteiger partial charge in [0.15, 0.2) is 0 Å². The summed E-state index contributed by atoms with van der Waals surface area (Å²) in [4.78, 5) is 13.7. The van der Waals surface area contributed by atoms with Crippen molar-refractivity contribution in [1.82, 2.24) is 4.90 Å². The molecule has 10 heteroatoms. The van der Waals surface area contributed by atoms with Crippen LogP contribution >= 0.6 is 0 Å². The summed E-state index contributed by atoms with van der Waals surface area (Å²) in [6.07, 6.45) is -9.43. The number of fused-ring (bicyclic) bond motifs is 1. The van der Waals surface area contributed by atoms with Crippen molar-refractivity contribution in [2.45, 2.75) is 61.6 Å². The Morgan fingerprint density at radius 2 is 1.86 bits per heavy atom. The largest absolute Gasteiger partial charge is 0.468 e. The number of aliphatic hydroxyl groups excluding tert-OH is 3. The smallest absolute Gasteiger partial charge is 0.416 e. The number of likely N-dealkylation sites (tertiary alicyclic amines) is 1. The summed E-state index contributed by atoms with van der Waals surface area (Å²) in [7, 11) is 1.16. The predicted molar refractivity (Wildman–Crippen MR) is 88.8 cm³/mol. The summed E-state index contributed by atoms with van der Waals surface area (Å²) < 4.78 is 43.0. The molecule has 1 saturated heterocycles. The molecule has 1 heterocycles. The number of aliphatic hydroxyl groups is 4. The summed E-state index contributed by atoms with van der Waals surface area (Å²) in [5.41, 5.74) is -2.24. The number of hydrogen-bond acceptors (Lipinski definition) is 7. The van der Waals surface area contributed by atoms with Crippen molar-refractivity contribution < 1.29 is 43.1 Å². The molecule has 2 fully saturated rings. The van der Waals surface area contributed by atoms with E-state index in [9.17, 15) is 38.4 Å². The maximum Gasteiger partial charge on any atom is 0.416 e. The second kappa shape index (κ2) is 7.27. The fourth-order valence-corrected chi connectivity index (χ4v) is 4.18. The van der Waals surface area contributed by atoms with E-state index in [0.29, 0.717) is 5.56 Å². The molecule has 1 saturated carbocycles. The molecule has 0 aromatic heterocycles. The summed E-state index contributed by atoms with van der Waals surface area (Å²) in [6, 6.07) is 2.47. The number of nitrogens with zero attached hydrogens (tertiary/aromatic N) is 1. The van der Waals surface area contributed by atoms with Gasteiger partial charge in [-0.3, -0.25) is 9.69 Å². The first-order chi connectivity index (χ1) is 13.0. The zero-order valence-electron chi connectivity index (χ0n) is 15.0. The molecule has 1 aromatic carbocycles. The molecular weight excluding hydrogens is 383 g/mol. The molecule has 3 rings (SSSR count). The Kier molecular flexibility index (Phi) is 5.45. The predicted octanol–water partition coefficient (Wildman–Crippen LogP) is 0.0388. The van der Waals surface area contributed by atoms with Crippen molar-refractivity contribution in [3.8, 4) is 0 Å². The molecule has 0 radical (unpaired) electrons. The van der Waals surface area contributed by atoms with E-state index in [0.717, 1.165) is 19.2 Å². The Hall–Kier alpha value is -1.72. The van der Waals surface area contributed by atoms with E-state index in [1.165, 1.54) is 17.0 Å². The molecule has 28 heavy (non-hydrogen) atoms. The van der Waals surface area contributed by atoms with Gasteiger partial charge in [0.05, 0.1) is 18.8 Å². The minimum absolute atomic E-state index is 0.0135. The van der Waals surface area contributed by atoms with E-state index in [1.807, 2.05) is 0 Å². The van der Waals surface area contributed by atoms with Crippen LogP contribution in [-0.2, 0) is 22.3 Å². The number of halogens is 3. The van der Waals surface area contributed by atoms with E-state index < -0.39 is 53.7 Å². The van der Waals surface area contributed by atoms with Gasteiger partial charge in [-0.25, -0.2) is 0 Å². The van der Waals surface area contributed by atoms with Crippen molar-refractivity contribution in [2.24, 2.45) is 0 Å². The van der Waals surface area contributed by atoms with E-state index in [-0.39, 0.29) is 19.4 Å². The molecule has 156 valence electrons. The monoisotopic (exact) mass is 405 g/mol. The number of alkyl halides is 3. The molecule has 1 aliphatic heterocycles. The van der Waals surface area contributed by atoms with Crippen LogP contribution < -0.4 is 0 Å². The summed E-state index contributed by atoms with van der Waals surface area (Å²) in [5.74, 6) is -0.689. The lowest BCUT2D eigenvalue weighted by atomic mass is 9.75. The zero-order valence-corrected chi connectivity index (χ0v) is 15.0. The first-order valence-electron chi connectivity index (χ1n) is 8.75. The molecule has 1 aliphatic carbocycles. The zero-order chi connectivity index (χ0) is 20.9. The Labute approximate surface area is 159 Å². The molecule has 2 aliphatic rings. The standard InChI is InChI=1S/C18H22F3NO6/c1-28-16(26)11-7-17(27)13(6-12(23)14(24)15(17)25)22(11)8-9-2-4-10(5-3-9)18(19,20)21/h2-5,11-15,23-25,27H,6-8H2,1H3/t11?,12?,13?,14?,15?,17-/m0/s1. The van der Waals surface area contributed by atoms with Gasteiger partial charge >= 0.3 is 12.1 Å². The normalized spacial score (nSPS) is 36.2. The van der Waals surface area contributed by atoms with Crippen LogP contribution in [0.25, 0.3) is 0 Å². The minimum Gasteiger partial charge on any atom is -0.468 e. The molecule has 0 bridgehead atoms. The van der Waals surface area contributed by atoms with Crippen molar-refractivity contribution in [1.29, 1.82) is 0 Å². The van der Waals surface area contributed by atoms with Crippen LogP contribution in [0.5, 0.6) is 0 Å². The second-order valence-electron chi connectivity index (χ2n) is 7.36. The van der Waals surface area contributed by atoms with Gasteiger partial charge < -0.3 is 25.2 Å². The molecule has 1 aromatic rings. The molecular formula is C18H22F3NO6. The van der Waals surface area contributed by atoms with Crippen LogP contribution in [0.1, 0.15) is 24.0 Å². The van der Waals surface area contributed by atoms with Gasteiger partial charge in [-0.15, -0.1) is 0 Å². The number of esters is 1. The van der Waals surface area contributed by atoms with Crippen LogP contribution in [0.15, 0.2) is 24.3 Å². The van der Waals surface area contributed by atoms with Gasteiger partial charge in [0, 0.05) is 19.0 Å². The minimum atomic E-state index is -4.48. The Morgan fingerprint density at radius 1 is 1.25 bits per heavy atom.